The molecule has 0 aromatic heterocycles. The van der Waals surface area contributed by atoms with Gasteiger partial charge < -0.3 is 5.32 Å². The van der Waals surface area contributed by atoms with Gasteiger partial charge in [0.25, 0.3) is 0 Å². The summed E-state index contributed by atoms with van der Waals surface area (Å²) in [5.41, 5.74) is 0. The summed E-state index contributed by atoms with van der Waals surface area (Å²) in [5, 5.41) is 11.8. The minimum atomic E-state index is -0.0756. The Bertz CT molecular complexity index is 288. The molecule has 0 bridgehead atoms. The molecule has 96 valence electrons. The van der Waals surface area contributed by atoms with Crippen LogP contribution in [-0.2, 0) is 4.79 Å². The van der Waals surface area contributed by atoms with Gasteiger partial charge in [-0.2, -0.15) is 5.26 Å². The van der Waals surface area contributed by atoms with E-state index < -0.39 is 0 Å². The number of rotatable bonds is 4. The van der Waals surface area contributed by atoms with Crippen LogP contribution in [0, 0.1) is 23.2 Å². The summed E-state index contributed by atoms with van der Waals surface area (Å²) in [6, 6.07) is 2.23. The number of piperidine rings is 1. The molecule has 0 radical (unpaired) electrons. The Hall–Kier alpha value is -1.08. The lowest BCUT2D eigenvalue weighted by Gasteiger charge is -2.33. The molecular formula is C13H23N3O. The highest BCUT2D eigenvalue weighted by Gasteiger charge is 2.26. The lowest BCUT2D eigenvalue weighted by molar-refractivity contribution is -0.126. The van der Waals surface area contributed by atoms with Crippen LogP contribution in [0.1, 0.15) is 33.6 Å². The van der Waals surface area contributed by atoms with Gasteiger partial charge >= 0.3 is 0 Å². The van der Waals surface area contributed by atoms with Crippen molar-refractivity contribution in [3.05, 3.63) is 0 Å². The van der Waals surface area contributed by atoms with Crippen LogP contribution in [0.15, 0.2) is 0 Å². The average molecular weight is 237 g/mol. The van der Waals surface area contributed by atoms with Crippen molar-refractivity contribution >= 4 is 5.91 Å². The molecule has 1 aliphatic heterocycles. The molecule has 0 spiro atoms. The maximum Gasteiger partial charge on any atom is 0.237 e. The molecule has 4 nitrogen and oxygen atoms in total. The van der Waals surface area contributed by atoms with Crippen LogP contribution in [0.25, 0.3) is 0 Å². The van der Waals surface area contributed by atoms with Crippen molar-refractivity contribution in [2.45, 2.75) is 39.7 Å². The van der Waals surface area contributed by atoms with Crippen LogP contribution in [0.3, 0.4) is 0 Å². The fourth-order valence-corrected chi connectivity index (χ4v) is 2.03. The van der Waals surface area contributed by atoms with Crippen molar-refractivity contribution in [2.75, 3.05) is 19.6 Å². The molecule has 0 aromatic rings. The molecule has 1 rings (SSSR count). The summed E-state index contributed by atoms with van der Waals surface area (Å²) < 4.78 is 0. The first kappa shape index (κ1) is 14.0. The topological polar surface area (TPSA) is 56.1 Å². The normalized spacial score (nSPS) is 19.9. The second-order valence-corrected chi connectivity index (χ2v) is 5.25. The molecule has 1 amide bonds. The number of nitrogens with one attached hydrogen (secondary N) is 1. The molecule has 1 atom stereocenters. The average Bonchev–Trinajstić information content (AvgIpc) is 2.35. The standard InChI is InChI=1S/C13H23N3O/c1-10(2)9-15-13(17)11(3)16-6-4-12(8-14)5-7-16/h10-12H,4-7,9H2,1-3H3,(H,15,17). The molecule has 1 N–H and O–H groups in total. The highest BCUT2D eigenvalue weighted by atomic mass is 16.2. The van der Waals surface area contributed by atoms with Crippen molar-refractivity contribution in [3.8, 4) is 6.07 Å². The first-order valence-electron chi connectivity index (χ1n) is 6.46. The summed E-state index contributed by atoms with van der Waals surface area (Å²) in [6.07, 6.45) is 1.77. The largest absolute Gasteiger partial charge is 0.354 e. The van der Waals surface area contributed by atoms with E-state index in [1.165, 1.54) is 0 Å². The molecule has 4 heteroatoms. The Labute approximate surface area is 104 Å². The highest BCUT2D eigenvalue weighted by molar-refractivity contribution is 5.81. The fraction of sp³-hybridized carbons (Fsp3) is 0.846. The van der Waals surface area contributed by atoms with Gasteiger partial charge in [0.1, 0.15) is 0 Å². The van der Waals surface area contributed by atoms with Crippen LogP contribution < -0.4 is 5.32 Å². The van der Waals surface area contributed by atoms with E-state index in [1.807, 2.05) is 6.92 Å². The molecule has 0 aromatic carbocycles. The van der Waals surface area contributed by atoms with Crippen molar-refractivity contribution in [1.82, 2.24) is 10.2 Å². The smallest absolute Gasteiger partial charge is 0.237 e. The van der Waals surface area contributed by atoms with Crippen LogP contribution >= 0.6 is 0 Å². The van der Waals surface area contributed by atoms with Gasteiger partial charge in [-0.25, -0.2) is 0 Å². The van der Waals surface area contributed by atoms with Crippen LogP contribution in [-0.4, -0.2) is 36.5 Å². The molecule has 0 saturated carbocycles. The molecule has 1 saturated heterocycles. The SMILES string of the molecule is CC(C)CNC(=O)C(C)N1CCC(C#N)CC1. The maximum absolute atomic E-state index is 11.9. The number of nitrogens with zero attached hydrogens (tertiary/aromatic N) is 2. The van der Waals surface area contributed by atoms with E-state index in [9.17, 15) is 4.79 Å². The first-order valence-corrected chi connectivity index (χ1v) is 6.46. The zero-order chi connectivity index (χ0) is 12.8. The van der Waals surface area contributed by atoms with Crippen LogP contribution in [0.5, 0.6) is 0 Å². The first-order chi connectivity index (χ1) is 8.04. The van der Waals surface area contributed by atoms with E-state index in [1.54, 1.807) is 0 Å². The number of likely N-dealkylation sites (tertiary alicyclic amines) is 1. The van der Waals surface area contributed by atoms with E-state index in [4.69, 9.17) is 5.26 Å². The molecule has 1 unspecified atom stereocenters. The van der Waals surface area contributed by atoms with Gasteiger partial charge in [0.15, 0.2) is 0 Å². The summed E-state index contributed by atoms with van der Waals surface area (Å²) in [5.74, 6) is 0.766. The third kappa shape index (κ3) is 4.35. The summed E-state index contributed by atoms with van der Waals surface area (Å²) >= 11 is 0. The lowest BCUT2D eigenvalue weighted by atomic mass is 9.97. The number of hydrogen-bond acceptors (Lipinski definition) is 3. The van der Waals surface area contributed by atoms with Gasteiger partial charge in [-0.1, -0.05) is 13.8 Å². The zero-order valence-electron chi connectivity index (χ0n) is 11.1. The molecule has 1 fully saturated rings. The van der Waals surface area contributed by atoms with Gasteiger partial charge in [-0.15, -0.1) is 0 Å². The minimum Gasteiger partial charge on any atom is -0.354 e. The maximum atomic E-state index is 11.9. The second-order valence-electron chi connectivity index (χ2n) is 5.25. The zero-order valence-corrected chi connectivity index (χ0v) is 11.1. The highest BCUT2D eigenvalue weighted by Crippen LogP contribution is 2.17. The summed E-state index contributed by atoms with van der Waals surface area (Å²) in [7, 11) is 0. The predicted octanol–water partition coefficient (Wildman–Crippen LogP) is 1.38. The van der Waals surface area contributed by atoms with Gasteiger partial charge in [-0.3, -0.25) is 9.69 Å². The molecule has 17 heavy (non-hydrogen) atoms. The van der Waals surface area contributed by atoms with Crippen molar-refractivity contribution < 1.29 is 4.79 Å². The van der Waals surface area contributed by atoms with Crippen molar-refractivity contribution in [3.63, 3.8) is 0 Å². The van der Waals surface area contributed by atoms with Crippen molar-refractivity contribution in [2.24, 2.45) is 11.8 Å². The Kier molecular flexibility index (Phi) is 5.43. The quantitative estimate of drug-likeness (QED) is 0.803. The second kappa shape index (κ2) is 6.61. The Morgan fingerprint density at radius 2 is 2.00 bits per heavy atom. The number of carbonyl (C=O) groups excluding carboxylic acids is 1. The van der Waals surface area contributed by atoms with Crippen LogP contribution in [0.4, 0.5) is 0 Å². The molecule has 1 heterocycles. The van der Waals surface area contributed by atoms with E-state index in [0.29, 0.717) is 5.92 Å². The Morgan fingerprint density at radius 1 is 1.41 bits per heavy atom. The van der Waals surface area contributed by atoms with E-state index >= 15 is 0 Å². The Morgan fingerprint density at radius 3 is 2.47 bits per heavy atom. The minimum absolute atomic E-state index is 0.0756. The van der Waals surface area contributed by atoms with Gasteiger partial charge in [0.2, 0.25) is 5.91 Å². The molecule has 0 aliphatic carbocycles. The number of hydrogen-bond donors (Lipinski definition) is 1. The fourth-order valence-electron chi connectivity index (χ4n) is 2.03. The lowest BCUT2D eigenvalue weighted by Crippen LogP contribution is -2.48. The van der Waals surface area contributed by atoms with Crippen molar-refractivity contribution in [1.29, 1.82) is 5.26 Å². The van der Waals surface area contributed by atoms with E-state index in [0.717, 1.165) is 32.5 Å². The number of nitriles is 1. The molecular weight excluding hydrogens is 214 g/mol. The van der Waals surface area contributed by atoms with Gasteiger partial charge in [0.05, 0.1) is 12.1 Å². The number of amides is 1. The summed E-state index contributed by atoms with van der Waals surface area (Å²) in [4.78, 5) is 14.1. The van der Waals surface area contributed by atoms with E-state index in [-0.39, 0.29) is 17.9 Å². The third-order valence-electron chi connectivity index (χ3n) is 3.32. The number of carbonyl (C=O) groups is 1. The summed E-state index contributed by atoms with van der Waals surface area (Å²) in [6.45, 7) is 8.57. The van der Waals surface area contributed by atoms with E-state index in [2.05, 4.69) is 30.1 Å². The third-order valence-corrected chi connectivity index (χ3v) is 3.32. The predicted molar refractivity (Wildman–Crippen MR) is 67.2 cm³/mol. The molecule has 1 aliphatic rings. The van der Waals surface area contributed by atoms with Crippen LogP contribution in [0.2, 0.25) is 0 Å². The van der Waals surface area contributed by atoms with Gasteiger partial charge in [0, 0.05) is 25.6 Å². The monoisotopic (exact) mass is 237 g/mol. The Balaban J connectivity index is 2.35. The van der Waals surface area contributed by atoms with Gasteiger partial charge in [-0.05, 0) is 25.7 Å².